The minimum absolute atomic E-state index is 0.116. The summed E-state index contributed by atoms with van der Waals surface area (Å²) in [6, 6.07) is 26.1. The molecule has 4 nitrogen and oxygen atoms in total. The van der Waals surface area contributed by atoms with E-state index in [2.05, 4.69) is 0 Å². The molecule has 0 bridgehead atoms. The first-order chi connectivity index (χ1) is 29.3. The minimum Gasteiger partial charge on any atom is -0.309 e. The Balaban J connectivity index is 1.47. The van der Waals surface area contributed by atoms with Crippen molar-refractivity contribution < 1.29 is 16.4 Å². The molecule has 0 N–H and O–H groups in total. The van der Waals surface area contributed by atoms with E-state index in [1.807, 2.05) is 103 Å². The number of aromatic nitrogens is 4. The summed E-state index contributed by atoms with van der Waals surface area (Å²) in [5, 5.41) is -0.328. The van der Waals surface area contributed by atoms with Crippen molar-refractivity contribution in [2.45, 2.75) is 0 Å². The van der Waals surface area contributed by atoms with Gasteiger partial charge in [0.2, 0.25) is 0 Å². The van der Waals surface area contributed by atoms with Gasteiger partial charge in [-0.1, -0.05) is 151 Å². The molecule has 0 aliphatic carbocycles. The van der Waals surface area contributed by atoms with E-state index in [9.17, 15) is 6.85 Å². The molecule has 0 fully saturated rings. The van der Waals surface area contributed by atoms with Gasteiger partial charge in [-0.15, -0.1) is 0 Å². The highest BCUT2D eigenvalue weighted by atomic mass is 15.1. The summed E-state index contributed by atoms with van der Waals surface area (Å²) in [6.07, 6.45) is 0. The maximum Gasteiger partial charge on any atom is 0.166 e. The third kappa shape index (κ3) is 5.26. The van der Waals surface area contributed by atoms with Crippen molar-refractivity contribution in [3.63, 3.8) is 0 Å². The van der Waals surface area contributed by atoms with Crippen LogP contribution in [0.1, 0.15) is 16.4 Å². The SMILES string of the molecule is [2H]c1c([2H])c([2H])c(-c2c([2H])c([2H])c3c(c2[2H])c2c([2H])c([2H])c([2H])c([2H])c2n3-c2ccc(-c3ccccc3)cc2-c2nc(-c3ccccc3)nc(-c3ccccc3)n2)c([2H])c1[2H]. The van der Waals surface area contributed by atoms with Crippen LogP contribution in [0.25, 0.3) is 83.9 Å². The van der Waals surface area contributed by atoms with E-state index in [0.29, 0.717) is 28.3 Å². The second-order valence-electron chi connectivity index (χ2n) is 11.2. The van der Waals surface area contributed by atoms with Gasteiger partial charge in [0, 0.05) is 27.5 Å². The predicted octanol–water partition coefficient (Wildman–Crippen LogP) is 11.3. The second kappa shape index (κ2) is 12.2. The van der Waals surface area contributed by atoms with Crippen LogP contribution >= 0.6 is 0 Å². The van der Waals surface area contributed by atoms with Crippen LogP contribution in [0.4, 0.5) is 0 Å². The number of rotatable bonds is 6. The summed E-state index contributed by atoms with van der Waals surface area (Å²) >= 11 is 0. The van der Waals surface area contributed by atoms with Crippen LogP contribution in [0.15, 0.2) is 182 Å². The van der Waals surface area contributed by atoms with Gasteiger partial charge < -0.3 is 4.57 Å². The largest absolute Gasteiger partial charge is 0.309 e. The topological polar surface area (TPSA) is 43.6 Å². The van der Waals surface area contributed by atoms with Crippen LogP contribution in [0.2, 0.25) is 0 Å². The second-order valence-corrected chi connectivity index (χ2v) is 11.2. The highest BCUT2D eigenvalue weighted by molar-refractivity contribution is 6.11. The van der Waals surface area contributed by atoms with E-state index in [-0.39, 0.29) is 33.3 Å². The fraction of sp³-hybridized carbons (Fsp3) is 0. The third-order valence-electron chi connectivity index (χ3n) is 8.19. The molecule has 0 saturated heterocycles. The molecule has 0 unspecified atom stereocenters. The number of benzene rings is 7. The smallest absolute Gasteiger partial charge is 0.166 e. The molecular weight excluding hydrogens is 597 g/mol. The van der Waals surface area contributed by atoms with Gasteiger partial charge in [0.05, 0.1) is 33.2 Å². The molecule has 7 aromatic carbocycles. The maximum atomic E-state index is 9.62. The molecule has 49 heavy (non-hydrogen) atoms. The Kier molecular flexibility index (Phi) is 4.63. The van der Waals surface area contributed by atoms with E-state index >= 15 is 0 Å². The Morgan fingerprint density at radius 3 is 1.65 bits per heavy atom. The molecule has 0 spiro atoms. The van der Waals surface area contributed by atoms with E-state index in [1.54, 1.807) is 6.07 Å². The number of hydrogen-bond acceptors (Lipinski definition) is 3. The van der Waals surface area contributed by atoms with Crippen LogP contribution in [0.3, 0.4) is 0 Å². The van der Waals surface area contributed by atoms with E-state index in [1.165, 1.54) is 4.57 Å². The number of fused-ring (bicyclic) bond motifs is 3. The van der Waals surface area contributed by atoms with Crippen molar-refractivity contribution in [2.75, 3.05) is 0 Å². The predicted molar refractivity (Wildman–Crippen MR) is 201 cm³/mol. The van der Waals surface area contributed by atoms with Gasteiger partial charge in [0.15, 0.2) is 17.5 Å². The molecule has 0 radical (unpaired) electrons. The van der Waals surface area contributed by atoms with Crippen molar-refractivity contribution in [2.24, 2.45) is 0 Å². The van der Waals surface area contributed by atoms with Crippen LogP contribution < -0.4 is 0 Å². The molecule has 230 valence electrons. The van der Waals surface area contributed by atoms with E-state index < -0.39 is 83.6 Å². The minimum atomic E-state index is -0.698. The Bertz CT molecular complexity index is 3180. The molecule has 0 saturated carbocycles. The lowest BCUT2D eigenvalue weighted by Crippen LogP contribution is -2.04. The molecule has 2 aromatic heterocycles. The Hall–Kier alpha value is -6.65. The summed E-state index contributed by atoms with van der Waals surface area (Å²) in [4.78, 5) is 14.8. The van der Waals surface area contributed by atoms with Crippen molar-refractivity contribution >= 4 is 21.8 Å². The monoisotopic (exact) mass is 638 g/mol. The molecule has 9 rings (SSSR count). The van der Waals surface area contributed by atoms with Gasteiger partial charge in [-0.25, -0.2) is 15.0 Å². The van der Waals surface area contributed by atoms with Crippen molar-refractivity contribution in [3.8, 4) is 62.1 Å². The Morgan fingerprint density at radius 2 is 0.980 bits per heavy atom. The van der Waals surface area contributed by atoms with Gasteiger partial charge in [-0.05, 0) is 52.5 Å². The average Bonchev–Trinajstić information content (AvgIpc) is 3.66. The Labute approximate surface area is 301 Å². The van der Waals surface area contributed by atoms with Crippen LogP contribution in [-0.2, 0) is 0 Å². The van der Waals surface area contributed by atoms with Gasteiger partial charge in [0.1, 0.15) is 0 Å². The molecule has 2 heterocycles. The number of hydrogen-bond donors (Lipinski definition) is 0. The molecular formula is C45H30N4. The zero-order chi connectivity index (χ0) is 43.0. The molecule has 4 heteroatoms. The van der Waals surface area contributed by atoms with Gasteiger partial charge in [0.25, 0.3) is 0 Å². The fourth-order valence-corrected chi connectivity index (χ4v) is 5.90. The molecule has 0 amide bonds. The third-order valence-corrected chi connectivity index (χ3v) is 8.19. The summed E-state index contributed by atoms with van der Waals surface area (Å²) in [7, 11) is 0. The zero-order valence-corrected chi connectivity index (χ0v) is 25.7. The van der Waals surface area contributed by atoms with Crippen LogP contribution in [0, 0.1) is 0 Å². The first-order valence-corrected chi connectivity index (χ1v) is 15.5. The van der Waals surface area contributed by atoms with Gasteiger partial charge in [-0.3, -0.25) is 0 Å². The summed E-state index contributed by atoms with van der Waals surface area (Å²) < 4.78 is 108. The molecule has 9 aromatic rings. The quantitative estimate of drug-likeness (QED) is 0.182. The van der Waals surface area contributed by atoms with Gasteiger partial charge in [-0.2, -0.15) is 0 Å². The lowest BCUT2D eigenvalue weighted by molar-refractivity contribution is 1.06. The van der Waals surface area contributed by atoms with Crippen molar-refractivity contribution in [1.29, 1.82) is 0 Å². The molecule has 0 atom stereocenters. The lowest BCUT2D eigenvalue weighted by atomic mass is 10.0. The fourth-order valence-electron chi connectivity index (χ4n) is 5.90. The van der Waals surface area contributed by atoms with Crippen LogP contribution in [0.5, 0.6) is 0 Å². The number of para-hydroxylation sites is 1. The van der Waals surface area contributed by atoms with E-state index in [0.717, 1.165) is 11.1 Å². The Morgan fingerprint density at radius 1 is 0.408 bits per heavy atom. The highest BCUT2D eigenvalue weighted by Gasteiger charge is 2.20. The standard InChI is InChI=1S/C45H30N4/c1-5-15-31(16-6-1)35-25-27-41-38(29-35)37-23-13-14-24-40(37)49(41)42-28-26-36(32-17-7-2-8-18-32)30-39(42)45-47-43(33-19-9-3-10-20-33)46-44(48-45)34-21-11-4-12-22-34/h1-30H/i1D,5D,6D,13D,14D,15D,16D,23D,24D,25D,27D,29D. The van der Waals surface area contributed by atoms with Crippen molar-refractivity contribution in [1.82, 2.24) is 19.5 Å². The first-order valence-electron chi connectivity index (χ1n) is 21.5. The van der Waals surface area contributed by atoms with Crippen molar-refractivity contribution in [3.05, 3.63) is 182 Å². The van der Waals surface area contributed by atoms with E-state index in [4.69, 9.17) is 24.5 Å². The van der Waals surface area contributed by atoms with Gasteiger partial charge >= 0.3 is 0 Å². The lowest BCUT2D eigenvalue weighted by Gasteiger charge is -2.16. The average molecular weight is 639 g/mol. The maximum absolute atomic E-state index is 9.62. The van der Waals surface area contributed by atoms with Crippen LogP contribution in [-0.4, -0.2) is 19.5 Å². The number of nitrogens with zero attached hydrogens (tertiary/aromatic N) is 4. The normalized spacial score (nSPS) is 14.7. The summed E-state index contributed by atoms with van der Waals surface area (Å²) in [5.74, 6) is 0.864. The molecule has 0 aliphatic heterocycles. The first kappa shape index (κ1) is 18.6. The summed E-state index contributed by atoms with van der Waals surface area (Å²) in [6.45, 7) is 0. The zero-order valence-electron chi connectivity index (χ0n) is 37.7. The summed E-state index contributed by atoms with van der Waals surface area (Å²) in [5.41, 5.74) is 2.40. The molecule has 0 aliphatic rings. The highest BCUT2D eigenvalue weighted by Crippen LogP contribution is 2.39.